The molecule has 0 atom stereocenters. The molecule has 0 saturated carbocycles. The lowest BCUT2D eigenvalue weighted by Gasteiger charge is -2.32. The van der Waals surface area contributed by atoms with Crippen molar-refractivity contribution in [1.82, 2.24) is 9.78 Å². The summed E-state index contributed by atoms with van der Waals surface area (Å²) in [6.07, 6.45) is -0.717. The Bertz CT molecular complexity index is 796. The number of hydrogen-bond acceptors (Lipinski definition) is 5. The zero-order valence-corrected chi connectivity index (χ0v) is 13.4. The van der Waals surface area contributed by atoms with Gasteiger partial charge in [0.1, 0.15) is 5.69 Å². The van der Waals surface area contributed by atoms with Crippen molar-refractivity contribution in [3.05, 3.63) is 23.9 Å². The van der Waals surface area contributed by atoms with Gasteiger partial charge >= 0.3 is 13.2 Å². The fourth-order valence-electron chi connectivity index (χ4n) is 2.51. The van der Waals surface area contributed by atoms with Crippen LogP contribution in [0.3, 0.4) is 0 Å². The van der Waals surface area contributed by atoms with E-state index in [9.17, 15) is 14.7 Å². The topological polar surface area (TPSA) is 90.7 Å². The van der Waals surface area contributed by atoms with Gasteiger partial charge in [-0.1, -0.05) is 12.1 Å². The number of aromatic nitrogens is 2. The first-order chi connectivity index (χ1) is 10.7. The molecule has 0 radical (unpaired) electrons. The van der Waals surface area contributed by atoms with E-state index in [0.29, 0.717) is 22.7 Å². The molecule has 1 saturated heterocycles. The average Bonchev–Trinajstić information content (AvgIpc) is 2.93. The smallest absolute Gasteiger partial charge is 0.463 e. The molecule has 1 aromatic carbocycles. The Morgan fingerprint density at radius 2 is 1.87 bits per heavy atom. The lowest BCUT2D eigenvalue weighted by atomic mass is 9.79. The van der Waals surface area contributed by atoms with Gasteiger partial charge in [-0.2, -0.15) is 9.78 Å². The zero-order valence-electron chi connectivity index (χ0n) is 13.4. The molecule has 0 spiro atoms. The van der Waals surface area contributed by atoms with Gasteiger partial charge in [0.2, 0.25) is 0 Å². The number of aldehydes is 1. The maximum atomic E-state index is 11.3. The van der Waals surface area contributed by atoms with Gasteiger partial charge in [-0.05, 0) is 39.2 Å². The molecule has 0 aliphatic carbocycles. The van der Waals surface area contributed by atoms with Gasteiger partial charge in [-0.15, -0.1) is 0 Å². The van der Waals surface area contributed by atoms with Gasteiger partial charge in [0.15, 0.2) is 6.29 Å². The summed E-state index contributed by atoms with van der Waals surface area (Å²) >= 11 is 0. The van der Waals surface area contributed by atoms with Gasteiger partial charge in [0.05, 0.1) is 16.7 Å². The number of fused-ring (bicyclic) bond motifs is 1. The Morgan fingerprint density at radius 1 is 1.26 bits per heavy atom. The Morgan fingerprint density at radius 3 is 2.39 bits per heavy atom. The van der Waals surface area contributed by atoms with E-state index in [1.165, 1.54) is 0 Å². The maximum Gasteiger partial charge on any atom is 0.494 e. The second-order valence-electron chi connectivity index (χ2n) is 6.56. The van der Waals surface area contributed by atoms with Crippen molar-refractivity contribution in [2.45, 2.75) is 38.9 Å². The van der Waals surface area contributed by atoms with Gasteiger partial charge < -0.3 is 14.4 Å². The summed E-state index contributed by atoms with van der Waals surface area (Å²) in [6.45, 7) is 7.77. The van der Waals surface area contributed by atoms with E-state index in [-0.39, 0.29) is 5.69 Å². The standard InChI is InChI=1S/C15H17BN2O5/c1-14(2)15(3,4)23-16(22-14)9-5-6-10-11(8-19)17-18(13(20)21)12(10)7-9/h5-8H,1-4H3,(H,20,21). The molecule has 23 heavy (non-hydrogen) atoms. The van der Waals surface area contributed by atoms with Gasteiger partial charge in [-0.3, -0.25) is 4.79 Å². The van der Waals surface area contributed by atoms with Crippen LogP contribution in [-0.4, -0.2) is 45.6 Å². The summed E-state index contributed by atoms with van der Waals surface area (Å²) in [7, 11) is -0.610. The summed E-state index contributed by atoms with van der Waals surface area (Å²) in [5, 5.41) is 13.5. The minimum atomic E-state index is -1.26. The summed E-state index contributed by atoms with van der Waals surface area (Å²) in [6, 6.07) is 5.04. The average molecular weight is 316 g/mol. The first kappa shape index (κ1) is 15.7. The predicted molar refractivity (Wildman–Crippen MR) is 84.3 cm³/mol. The second kappa shape index (κ2) is 4.91. The third-order valence-electron chi connectivity index (χ3n) is 4.55. The highest BCUT2D eigenvalue weighted by molar-refractivity contribution is 6.62. The minimum Gasteiger partial charge on any atom is -0.463 e. The zero-order chi connectivity index (χ0) is 17.0. The third kappa shape index (κ3) is 2.34. The number of carbonyl (C=O) groups excluding carboxylic acids is 1. The van der Waals surface area contributed by atoms with Crippen LogP contribution >= 0.6 is 0 Å². The van der Waals surface area contributed by atoms with E-state index < -0.39 is 24.4 Å². The molecule has 1 fully saturated rings. The van der Waals surface area contributed by atoms with Crippen LogP contribution in [0.1, 0.15) is 38.2 Å². The van der Waals surface area contributed by atoms with Crippen LogP contribution in [0.25, 0.3) is 10.9 Å². The first-order valence-electron chi connectivity index (χ1n) is 7.23. The third-order valence-corrected chi connectivity index (χ3v) is 4.55. The van der Waals surface area contributed by atoms with E-state index in [4.69, 9.17) is 9.31 Å². The molecular formula is C15H17BN2O5. The molecular weight excluding hydrogens is 299 g/mol. The summed E-state index contributed by atoms with van der Waals surface area (Å²) < 4.78 is 12.7. The van der Waals surface area contributed by atoms with Crippen LogP contribution in [0.2, 0.25) is 0 Å². The lowest BCUT2D eigenvalue weighted by Crippen LogP contribution is -2.41. The van der Waals surface area contributed by atoms with E-state index in [1.54, 1.807) is 18.2 Å². The normalized spacial score (nSPS) is 19.2. The van der Waals surface area contributed by atoms with Crippen LogP contribution in [0, 0.1) is 0 Å². The highest BCUT2D eigenvalue weighted by Crippen LogP contribution is 2.36. The molecule has 120 valence electrons. The first-order valence-corrected chi connectivity index (χ1v) is 7.23. The largest absolute Gasteiger partial charge is 0.494 e. The molecule has 1 aliphatic rings. The van der Waals surface area contributed by atoms with Crippen molar-refractivity contribution in [2.75, 3.05) is 0 Å². The van der Waals surface area contributed by atoms with Gasteiger partial charge in [-0.25, -0.2) is 4.79 Å². The number of hydrogen-bond donors (Lipinski definition) is 1. The molecule has 0 amide bonds. The van der Waals surface area contributed by atoms with Crippen LogP contribution in [-0.2, 0) is 9.31 Å². The number of carboxylic acid groups (broad SMARTS) is 1. The molecule has 7 nitrogen and oxygen atoms in total. The monoisotopic (exact) mass is 316 g/mol. The van der Waals surface area contributed by atoms with E-state index in [2.05, 4.69) is 5.10 Å². The van der Waals surface area contributed by atoms with Crippen molar-refractivity contribution < 1.29 is 24.0 Å². The van der Waals surface area contributed by atoms with Crippen molar-refractivity contribution in [1.29, 1.82) is 0 Å². The van der Waals surface area contributed by atoms with Crippen molar-refractivity contribution in [3.63, 3.8) is 0 Å². The molecule has 2 heterocycles. The van der Waals surface area contributed by atoms with Crippen LogP contribution < -0.4 is 5.46 Å². The number of carbonyl (C=O) groups is 2. The highest BCUT2D eigenvalue weighted by Gasteiger charge is 2.51. The number of nitrogens with zero attached hydrogens (tertiary/aromatic N) is 2. The van der Waals surface area contributed by atoms with Crippen LogP contribution in [0.4, 0.5) is 4.79 Å². The predicted octanol–water partition coefficient (Wildman–Crippen LogP) is 1.67. The van der Waals surface area contributed by atoms with Crippen molar-refractivity contribution >= 4 is 35.9 Å². The lowest BCUT2D eigenvalue weighted by molar-refractivity contribution is 0.00578. The SMILES string of the molecule is CC1(C)OB(c2ccc3c(C=O)nn(C(=O)O)c3c2)OC1(C)C. The van der Waals surface area contributed by atoms with Gasteiger partial charge in [0, 0.05) is 5.39 Å². The number of benzene rings is 1. The van der Waals surface area contributed by atoms with E-state index in [1.807, 2.05) is 27.7 Å². The summed E-state index contributed by atoms with van der Waals surface area (Å²) in [5.41, 5.74) is 0.104. The Hall–Kier alpha value is -2.19. The molecule has 1 N–H and O–H groups in total. The Kier molecular flexibility index (Phi) is 3.35. The molecule has 1 aromatic heterocycles. The fraction of sp³-hybridized carbons (Fsp3) is 0.400. The van der Waals surface area contributed by atoms with Crippen LogP contribution in [0.5, 0.6) is 0 Å². The second-order valence-corrected chi connectivity index (χ2v) is 6.56. The van der Waals surface area contributed by atoms with E-state index >= 15 is 0 Å². The molecule has 2 aromatic rings. The minimum absolute atomic E-state index is 0.0860. The molecule has 0 bridgehead atoms. The quantitative estimate of drug-likeness (QED) is 0.669. The van der Waals surface area contributed by atoms with E-state index in [0.717, 1.165) is 4.68 Å². The van der Waals surface area contributed by atoms with Crippen molar-refractivity contribution in [2.24, 2.45) is 0 Å². The maximum absolute atomic E-state index is 11.3. The molecule has 8 heteroatoms. The number of rotatable bonds is 2. The molecule has 1 aliphatic heterocycles. The van der Waals surface area contributed by atoms with Crippen molar-refractivity contribution in [3.8, 4) is 0 Å². The Balaban J connectivity index is 2.09. The van der Waals surface area contributed by atoms with Crippen LogP contribution in [0.15, 0.2) is 18.2 Å². The fourth-order valence-corrected chi connectivity index (χ4v) is 2.51. The highest BCUT2D eigenvalue weighted by atomic mass is 16.7. The summed E-state index contributed by atoms with van der Waals surface area (Å²) in [4.78, 5) is 22.4. The Labute approximate surface area is 133 Å². The molecule has 0 unspecified atom stereocenters. The molecule has 3 rings (SSSR count). The summed E-state index contributed by atoms with van der Waals surface area (Å²) in [5.74, 6) is 0. The van der Waals surface area contributed by atoms with Gasteiger partial charge in [0.25, 0.3) is 0 Å².